The van der Waals surface area contributed by atoms with Crippen molar-refractivity contribution in [2.45, 2.75) is 16.5 Å². The Balaban J connectivity index is 1.59. The maximum absolute atomic E-state index is 13.8. The van der Waals surface area contributed by atoms with Crippen LogP contribution in [0, 0.1) is 5.82 Å². The molecule has 134 valence electrons. The Morgan fingerprint density at radius 2 is 2.00 bits per heavy atom. The molecule has 5 nitrogen and oxygen atoms in total. The lowest BCUT2D eigenvalue weighted by molar-refractivity contribution is -0.115. The van der Waals surface area contributed by atoms with Crippen LogP contribution >= 0.6 is 39.0 Å². The van der Waals surface area contributed by atoms with E-state index in [9.17, 15) is 9.18 Å². The van der Waals surface area contributed by atoms with Crippen LogP contribution in [-0.2, 0) is 4.79 Å². The van der Waals surface area contributed by atoms with E-state index in [-0.39, 0.29) is 11.6 Å². The molecule has 1 heterocycles. The first-order valence-corrected chi connectivity index (χ1v) is 10.1. The van der Waals surface area contributed by atoms with Crippen LogP contribution < -0.4 is 10.6 Å². The lowest BCUT2D eigenvalue weighted by atomic mass is 10.3. The van der Waals surface area contributed by atoms with Crippen molar-refractivity contribution in [3.8, 4) is 0 Å². The zero-order valence-corrected chi connectivity index (χ0v) is 16.8. The molecule has 1 amide bonds. The molecule has 1 unspecified atom stereocenters. The third kappa shape index (κ3) is 5.03. The van der Waals surface area contributed by atoms with Crippen molar-refractivity contribution in [3.05, 3.63) is 58.8 Å². The van der Waals surface area contributed by atoms with Crippen molar-refractivity contribution in [1.29, 1.82) is 0 Å². The van der Waals surface area contributed by atoms with Crippen LogP contribution in [0.5, 0.6) is 0 Å². The van der Waals surface area contributed by atoms with E-state index in [1.807, 2.05) is 30.3 Å². The minimum absolute atomic E-state index is 0.148. The maximum Gasteiger partial charge on any atom is 0.237 e. The largest absolute Gasteiger partial charge is 0.330 e. The average molecular weight is 453 g/mol. The standard InChI is InChI=1S/C17H14BrFN4OS2/c1-10(15(24)21-14-8-7-11(18)9-13(14)19)25-17-23-22-16(26-17)20-12-5-3-2-4-6-12/h2-10H,1H3,(H,20,22)(H,21,24). The molecule has 1 atom stereocenters. The van der Waals surface area contributed by atoms with Gasteiger partial charge in [0.05, 0.1) is 10.9 Å². The van der Waals surface area contributed by atoms with Gasteiger partial charge in [0.1, 0.15) is 5.82 Å². The number of carbonyl (C=O) groups is 1. The number of rotatable bonds is 6. The Labute approximate surface area is 166 Å². The summed E-state index contributed by atoms with van der Waals surface area (Å²) < 4.78 is 15.1. The molecule has 0 aliphatic heterocycles. The fourth-order valence-corrected chi connectivity index (χ4v) is 4.23. The van der Waals surface area contributed by atoms with Gasteiger partial charge in [0.25, 0.3) is 0 Å². The second-order valence-electron chi connectivity index (χ2n) is 5.24. The highest BCUT2D eigenvalue weighted by Crippen LogP contribution is 2.31. The smallest absolute Gasteiger partial charge is 0.237 e. The Morgan fingerprint density at radius 3 is 2.73 bits per heavy atom. The monoisotopic (exact) mass is 452 g/mol. The van der Waals surface area contributed by atoms with Crippen LogP contribution in [0.3, 0.4) is 0 Å². The number of thioether (sulfide) groups is 1. The van der Waals surface area contributed by atoms with Gasteiger partial charge in [0, 0.05) is 10.2 Å². The number of aromatic nitrogens is 2. The quantitative estimate of drug-likeness (QED) is 0.496. The molecule has 0 aliphatic rings. The van der Waals surface area contributed by atoms with Gasteiger partial charge in [-0.15, -0.1) is 10.2 Å². The van der Waals surface area contributed by atoms with Gasteiger partial charge < -0.3 is 10.6 Å². The predicted molar refractivity (Wildman–Crippen MR) is 108 cm³/mol. The molecular weight excluding hydrogens is 439 g/mol. The molecular formula is C17H14BrFN4OS2. The number of amides is 1. The lowest BCUT2D eigenvalue weighted by Crippen LogP contribution is -2.22. The predicted octanol–water partition coefficient (Wildman–Crippen LogP) is 5.30. The van der Waals surface area contributed by atoms with Crippen LogP contribution in [0.2, 0.25) is 0 Å². The topological polar surface area (TPSA) is 66.9 Å². The summed E-state index contributed by atoms with van der Waals surface area (Å²) >= 11 is 5.81. The molecule has 0 saturated carbocycles. The highest BCUT2D eigenvalue weighted by molar-refractivity contribution is 9.10. The van der Waals surface area contributed by atoms with Gasteiger partial charge in [-0.2, -0.15) is 0 Å². The molecule has 26 heavy (non-hydrogen) atoms. The lowest BCUT2D eigenvalue weighted by Gasteiger charge is -2.11. The highest BCUT2D eigenvalue weighted by atomic mass is 79.9. The Morgan fingerprint density at radius 1 is 1.23 bits per heavy atom. The van der Waals surface area contributed by atoms with Crippen molar-refractivity contribution in [2.75, 3.05) is 10.6 Å². The molecule has 0 fully saturated rings. The maximum atomic E-state index is 13.8. The molecule has 2 aromatic carbocycles. The van der Waals surface area contributed by atoms with Crippen molar-refractivity contribution < 1.29 is 9.18 Å². The Hall–Kier alpha value is -1.97. The number of hydrogen-bond acceptors (Lipinski definition) is 6. The molecule has 0 bridgehead atoms. The molecule has 3 rings (SSSR count). The zero-order chi connectivity index (χ0) is 18.5. The van der Waals surface area contributed by atoms with E-state index < -0.39 is 11.1 Å². The normalized spacial score (nSPS) is 11.8. The SMILES string of the molecule is CC(Sc1nnc(Nc2ccccc2)s1)C(=O)Nc1ccc(Br)cc1F. The van der Waals surface area contributed by atoms with Gasteiger partial charge in [0.15, 0.2) is 4.34 Å². The van der Waals surface area contributed by atoms with Crippen LogP contribution in [0.25, 0.3) is 0 Å². The Bertz CT molecular complexity index is 907. The average Bonchev–Trinajstić information content (AvgIpc) is 3.05. The van der Waals surface area contributed by atoms with Crippen molar-refractivity contribution >= 4 is 61.4 Å². The van der Waals surface area contributed by atoms with Gasteiger partial charge in [-0.05, 0) is 37.3 Å². The minimum atomic E-state index is -0.491. The third-order valence-electron chi connectivity index (χ3n) is 3.27. The fraction of sp³-hybridized carbons (Fsp3) is 0.118. The number of nitrogens with one attached hydrogen (secondary N) is 2. The van der Waals surface area contributed by atoms with Crippen LogP contribution in [0.4, 0.5) is 20.9 Å². The molecule has 3 aromatic rings. The van der Waals surface area contributed by atoms with Crippen molar-refractivity contribution in [2.24, 2.45) is 0 Å². The van der Waals surface area contributed by atoms with Gasteiger partial charge in [-0.1, -0.05) is 57.2 Å². The van der Waals surface area contributed by atoms with E-state index >= 15 is 0 Å². The highest BCUT2D eigenvalue weighted by Gasteiger charge is 2.18. The van der Waals surface area contributed by atoms with Gasteiger partial charge in [0.2, 0.25) is 11.0 Å². The first-order chi connectivity index (χ1) is 12.5. The summed E-state index contributed by atoms with van der Waals surface area (Å²) in [6.45, 7) is 1.74. The molecule has 1 aromatic heterocycles. The first-order valence-electron chi connectivity index (χ1n) is 7.59. The number of hydrogen-bond donors (Lipinski definition) is 2. The summed E-state index contributed by atoms with van der Waals surface area (Å²) in [5.41, 5.74) is 1.06. The van der Waals surface area contributed by atoms with Crippen LogP contribution in [0.1, 0.15) is 6.92 Å². The number of anilines is 3. The molecule has 0 saturated heterocycles. The van der Waals surface area contributed by atoms with Gasteiger partial charge >= 0.3 is 0 Å². The summed E-state index contributed by atoms with van der Waals surface area (Å²) in [4.78, 5) is 12.3. The summed E-state index contributed by atoms with van der Waals surface area (Å²) in [5, 5.41) is 14.1. The second-order valence-corrected chi connectivity index (χ2v) is 8.72. The van der Waals surface area contributed by atoms with E-state index in [4.69, 9.17) is 0 Å². The molecule has 0 aliphatic carbocycles. The molecule has 0 spiro atoms. The number of benzene rings is 2. The van der Waals surface area contributed by atoms with E-state index in [0.717, 1.165) is 5.69 Å². The third-order valence-corrected chi connectivity index (χ3v) is 5.78. The molecule has 2 N–H and O–H groups in total. The van der Waals surface area contributed by atoms with E-state index in [1.54, 1.807) is 13.0 Å². The Kier molecular flexibility index (Phi) is 6.23. The van der Waals surface area contributed by atoms with Crippen LogP contribution in [-0.4, -0.2) is 21.4 Å². The number of halogens is 2. The molecule has 0 radical (unpaired) electrons. The zero-order valence-electron chi connectivity index (χ0n) is 13.6. The van der Waals surface area contributed by atoms with Crippen molar-refractivity contribution in [1.82, 2.24) is 10.2 Å². The number of para-hydroxylation sites is 1. The number of nitrogens with zero attached hydrogens (tertiary/aromatic N) is 2. The van der Waals surface area contributed by atoms with Gasteiger partial charge in [-0.3, -0.25) is 4.79 Å². The van der Waals surface area contributed by atoms with E-state index in [0.29, 0.717) is 13.9 Å². The summed E-state index contributed by atoms with van der Waals surface area (Å²) in [6, 6.07) is 14.1. The number of carbonyl (C=O) groups excluding carboxylic acids is 1. The second kappa shape index (κ2) is 8.61. The van der Waals surface area contributed by atoms with Crippen molar-refractivity contribution in [3.63, 3.8) is 0 Å². The summed E-state index contributed by atoms with van der Waals surface area (Å²) in [6.07, 6.45) is 0. The van der Waals surface area contributed by atoms with Crippen LogP contribution in [0.15, 0.2) is 57.3 Å². The summed E-state index contributed by atoms with van der Waals surface area (Å²) in [7, 11) is 0. The van der Waals surface area contributed by atoms with E-state index in [1.165, 1.54) is 35.2 Å². The first kappa shape index (κ1) is 18.8. The van der Waals surface area contributed by atoms with Gasteiger partial charge in [-0.25, -0.2) is 4.39 Å². The summed E-state index contributed by atoms with van der Waals surface area (Å²) in [5.74, 6) is -0.792. The fourth-order valence-electron chi connectivity index (χ4n) is 1.98. The minimum Gasteiger partial charge on any atom is -0.330 e. The molecule has 9 heteroatoms. The van der Waals surface area contributed by atoms with E-state index in [2.05, 4.69) is 36.8 Å².